The van der Waals surface area contributed by atoms with Crippen LogP contribution >= 0.6 is 0 Å². The van der Waals surface area contributed by atoms with Gasteiger partial charge in [-0.05, 0) is 49.1 Å². The van der Waals surface area contributed by atoms with Crippen LogP contribution in [0.1, 0.15) is 29.7 Å². The molecule has 2 atom stereocenters. The molecule has 0 aliphatic heterocycles. The van der Waals surface area contributed by atoms with Crippen LogP contribution in [-0.2, 0) is 6.42 Å². The van der Waals surface area contributed by atoms with Crippen LogP contribution in [0.15, 0.2) is 48.8 Å². The monoisotopic (exact) mass is 270 g/mol. The molecule has 0 unspecified atom stereocenters. The molecule has 0 radical (unpaired) electrons. The van der Waals surface area contributed by atoms with Crippen molar-refractivity contribution in [2.24, 2.45) is 0 Å². The second-order valence-electron chi connectivity index (χ2n) is 5.24. The highest BCUT2D eigenvalue weighted by Crippen LogP contribution is 2.12. The third-order valence-electron chi connectivity index (χ3n) is 3.54. The largest absolute Gasteiger partial charge is 0.387 e. The maximum absolute atomic E-state index is 10.1. The predicted octanol–water partition coefficient (Wildman–Crippen LogP) is 2.64. The fourth-order valence-electron chi connectivity index (χ4n) is 2.26. The van der Waals surface area contributed by atoms with E-state index < -0.39 is 6.10 Å². The van der Waals surface area contributed by atoms with Crippen LogP contribution in [0.4, 0.5) is 0 Å². The minimum Gasteiger partial charge on any atom is -0.387 e. The van der Waals surface area contributed by atoms with Crippen molar-refractivity contribution in [3.05, 3.63) is 65.5 Å². The van der Waals surface area contributed by atoms with Crippen LogP contribution in [0.2, 0.25) is 0 Å². The first-order valence-electron chi connectivity index (χ1n) is 7.02. The Morgan fingerprint density at radius 1 is 1.15 bits per heavy atom. The van der Waals surface area contributed by atoms with Crippen molar-refractivity contribution in [3.63, 3.8) is 0 Å². The molecular formula is C17H22N2O. The summed E-state index contributed by atoms with van der Waals surface area (Å²) in [5, 5.41) is 13.5. The molecule has 0 saturated heterocycles. The molecule has 2 rings (SSSR count). The summed E-state index contributed by atoms with van der Waals surface area (Å²) >= 11 is 0. The Labute approximate surface area is 120 Å². The van der Waals surface area contributed by atoms with E-state index in [0.717, 1.165) is 12.0 Å². The van der Waals surface area contributed by atoms with Crippen LogP contribution in [0.5, 0.6) is 0 Å². The number of benzene rings is 1. The summed E-state index contributed by atoms with van der Waals surface area (Å²) in [6.07, 6.45) is 3.89. The number of aliphatic hydroxyl groups is 1. The minimum absolute atomic E-state index is 0.326. The zero-order valence-corrected chi connectivity index (χ0v) is 12.1. The molecule has 0 aliphatic carbocycles. The Kier molecular flexibility index (Phi) is 5.27. The summed E-state index contributed by atoms with van der Waals surface area (Å²) in [5.41, 5.74) is 3.57. The van der Waals surface area contributed by atoms with Gasteiger partial charge in [-0.2, -0.15) is 0 Å². The van der Waals surface area contributed by atoms with Crippen LogP contribution in [0, 0.1) is 6.92 Å². The van der Waals surface area contributed by atoms with Gasteiger partial charge in [0.25, 0.3) is 0 Å². The van der Waals surface area contributed by atoms with Gasteiger partial charge in [0, 0.05) is 25.0 Å². The van der Waals surface area contributed by atoms with Gasteiger partial charge in [-0.3, -0.25) is 4.98 Å². The lowest BCUT2D eigenvalue weighted by atomic mass is 10.0. The average Bonchev–Trinajstić information content (AvgIpc) is 2.48. The number of hydrogen-bond donors (Lipinski definition) is 2. The number of nitrogens with one attached hydrogen (secondary N) is 1. The van der Waals surface area contributed by atoms with E-state index in [1.165, 1.54) is 11.1 Å². The number of aliphatic hydroxyl groups excluding tert-OH is 1. The molecule has 2 N–H and O–H groups in total. The van der Waals surface area contributed by atoms with Crippen molar-refractivity contribution in [2.75, 3.05) is 6.54 Å². The van der Waals surface area contributed by atoms with Crippen molar-refractivity contribution < 1.29 is 5.11 Å². The van der Waals surface area contributed by atoms with Gasteiger partial charge in [-0.15, -0.1) is 0 Å². The number of aromatic nitrogens is 1. The van der Waals surface area contributed by atoms with Crippen LogP contribution in [0.3, 0.4) is 0 Å². The molecule has 0 bridgehead atoms. The first-order valence-corrected chi connectivity index (χ1v) is 7.02. The van der Waals surface area contributed by atoms with Gasteiger partial charge in [0.05, 0.1) is 6.10 Å². The highest BCUT2D eigenvalue weighted by molar-refractivity contribution is 5.26. The van der Waals surface area contributed by atoms with Gasteiger partial charge in [0.1, 0.15) is 0 Å². The van der Waals surface area contributed by atoms with E-state index in [2.05, 4.69) is 48.4 Å². The van der Waals surface area contributed by atoms with E-state index in [-0.39, 0.29) is 0 Å². The molecule has 3 nitrogen and oxygen atoms in total. The van der Waals surface area contributed by atoms with E-state index in [1.54, 1.807) is 12.4 Å². The quantitative estimate of drug-likeness (QED) is 0.848. The van der Waals surface area contributed by atoms with Gasteiger partial charge in [0.15, 0.2) is 0 Å². The second kappa shape index (κ2) is 7.17. The highest BCUT2D eigenvalue weighted by atomic mass is 16.3. The number of aryl methyl sites for hydroxylation is 1. The summed E-state index contributed by atoms with van der Waals surface area (Å²) in [6.45, 7) is 4.83. The number of nitrogens with zero attached hydrogens (tertiary/aromatic N) is 1. The van der Waals surface area contributed by atoms with E-state index in [4.69, 9.17) is 0 Å². The van der Waals surface area contributed by atoms with Gasteiger partial charge in [-0.1, -0.05) is 24.3 Å². The number of hydrogen-bond acceptors (Lipinski definition) is 3. The number of rotatable bonds is 6. The first kappa shape index (κ1) is 14.7. The van der Waals surface area contributed by atoms with E-state index in [0.29, 0.717) is 12.6 Å². The zero-order valence-electron chi connectivity index (χ0n) is 12.1. The van der Waals surface area contributed by atoms with Crippen molar-refractivity contribution >= 4 is 0 Å². The lowest BCUT2D eigenvalue weighted by molar-refractivity contribution is 0.170. The van der Waals surface area contributed by atoms with Crippen molar-refractivity contribution in [2.45, 2.75) is 32.4 Å². The van der Waals surface area contributed by atoms with Crippen LogP contribution < -0.4 is 5.32 Å². The van der Waals surface area contributed by atoms with Crippen LogP contribution in [-0.4, -0.2) is 22.7 Å². The normalized spacial score (nSPS) is 13.9. The third-order valence-corrected chi connectivity index (χ3v) is 3.54. The Bertz CT molecular complexity index is 528. The van der Waals surface area contributed by atoms with Gasteiger partial charge < -0.3 is 10.4 Å². The van der Waals surface area contributed by atoms with Gasteiger partial charge in [0.2, 0.25) is 0 Å². The van der Waals surface area contributed by atoms with Gasteiger partial charge >= 0.3 is 0 Å². The van der Waals surface area contributed by atoms with Crippen LogP contribution in [0.25, 0.3) is 0 Å². The summed E-state index contributed by atoms with van der Waals surface area (Å²) in [7, 11) is 0. The van der Waals surface area contributed by atoms with E-state index in [1.807, 2.05) is 12.1 Å². The maximum atomic E-state index is 10.1. The molecule has 0 saturated carbocycles. The zero-order chi connectivity index (χ0) is 14.4. The molecule has 0 aliphatic rings. The molecular weight excluding hydrogens is 248 g/mol. The number of pyridine rings is 1. The summed E-state index contributed by atoms with van der Waals surface area (Å²) in [6, 6.07) is 12.4. The molecule has 3 heteroatoms. The SMILES string of the molecule is Cc1ccccc1C[C@@H](C)NC[C@@H](O)c1ccncc1. The first-order chi connectivity index (χ1) is 9.66. The summed E-state index contributed by atoms with van der Waals surface area (Å²) in [5.74, 6) is 0. The second-order valence-corrected chi connectivity index (χ2v) is 5.24. The Morgan fingerprint density at radius 2 is 1.85 bits per heavy atom. The molecule has 0 amide bonds. The highest BCUT2D eigenvalue weighted by Gasteiger charge is 2.10. The lowest BCUT2D eigenvalue weighted by Gasteiger charge is -2.18. The molecule has 0 fully saturated rings. The molecule has 1 aromatic carbocycles. The summed E-state index contributed by atoms with van der Waals surface area (Å²) < 4.78 is 0. The fraction of sp³-hybridized carbons (Fsp3) is 0.353. The fourth-order valence-corrected chi connectivity index (χ4v) is 2.26. The molecule has 1 heterocycles. The molecule has 20 heavy (non-hydrogen) atoms. The third kappa shape index (κ3) is 4.15. The Hall–Kier alpha value is -1.71. The predicted molar refractivity (Wildman–Crippen MR) is 81.5 cm³/mol. The smallest absolute Gasteiger partial charge is 0.0915 e. The Balaban J connectivity index is 1.84. The molecule has 1 aromatic heterocycles. The lowest BCUT2D eigenvalue weighted by Crippen LogP contribution is -2.32. The van der Waals surface area contributed by atoms with E-state index >= 15 is 0 Å². The Morgan fingerprint density at radius 3 is 2.55 bits per heavy atom. The van der Waals surface area contributed by atoms with Crippen molar-refractivity contribution in [1.29, 1.82) is 0 Å². The van der Waals surface area contributed by atoms with Crippen molar-refractivity contribution in [3.8, 4) is 0 Å². The molecule has 2 aromatic rings. The maximum Gasteiger partial charge on any atom is 0.0915 e. The van der Waals surface area contributed by atoms with Gasteiger partial charge in [-0.25, -0.2) is 0 Å². The van der Waals surface area contributed by atoms with E-state index in [9.17, 15) is 5.11 Å². The summed E-state index contributed by atoms with van der Waals surface area (Å²) in [4.78, 5) is 3.96. The topological polar surface area (TPSA) is 45.1 Å². The standard InChI is InChI=1S/C17H22N2O/c1-13-5-3-4-6-16(13)11-14(2)19-12-17(20)15-7-9-18-10-8-15/h3-10,14,17,19-20H,11-12H2,1-2H3/t14-,17-/m1/s1. The molecule has 106 valence electrons. The van der Waals surface area contributed by atoms with Crippen molar-refractivity contribution in [1.82, 2.24) is 10.3 Å². The average molecular weight is 270 g/mol. The minimum atomic E-state index is -0.489. The molecule has 0 spiro atoms.